The Kier molecular flexibility index (Phi) is 3.12. The van der Waals surface area contributed by atoms with Crippen molar-refractivity contribution in [1.29, 1.82) is 0 Å². The molecule has 0 N–H and O–H groups in total. The summed E-state index contributed by atoms with van der Waals surface area (Å²) in [5, 5.41) is 0.288. The van der Waals surface area contributed by atoms with Crippen LogP contribution in [0.2, 0.25) is 0 Å². The molecule has 0 radical (unpaired) electrons. The lowest BCUT2D eigenvalue weighted by Crippen LogP contribution is -2.21. The maximum absolute atomic E-state index is 6.35. The molecule has 2 atom stereocenters. The molecule has 1 fully saturated rings. The standard InChI is InChI=1S/C11H17ClN2/c1-2-14-8-7-13-11(14)9-5-3-4-6-10(9)12/h7-10H,2-6H2,1H3. The fraction of sp³-hybridized carbons (Fsp3) is 0.727. The Morgan fingerprint density at radius 3 is 3.00 bits per heavy atom. The van der Waals surface area contributed by atoms with Gasteiger partial charge in [0, 0.05) is 30.2 Å². The molecule has 3 heteroatoms. The summed E-state index contributed by atoms with van der Waals surface area (Å²) in [4.78, 5) is 4.44. The van der Waals surface area contributed by atoms with Crippen LogP contribution in [0.4, 0.5) is 0 Å². The topological polar surface area (TPSA) is 17.8 Å². The molecule has 0 bridgehead atoms. The van der Waals surface area contributed by atoms with E-state index in [0.717, 1.165) is 13.0 Å². The minimum absolute atomic E-state index is 0.288. The smallest absolute Gasteiger partial charge is 0.113 e. The van der Waals surface area contributed by atoms with Crippen molar-refractivity contribution in [2.75, 3.05) is 0 Å². The van der Waals surface area contributed by atoms with Gasteiger partial charge < -0.3 is 4.57 Å². The molecule has 0 aromatic carbocycles. The third-order valence-corrected chi connectivity index (χ3v) is 3.62. The predicted molar refractivity (Wildman–Crippen MR) is 58.8 cm³/mol. The fourth-order valence-corrected chi connectivity index (χ4v) is 2.69. The van der Waals surface area contributed by atoms with Gasteiger partial charge in [-0.25, -0.2) is 4.98 Å². The molecule has 14 heavy (non-hydrogen) atoms. The van der Waals surface area contributed by atoms with Crippen LogP contribution < -0.4 is 0 Å². The predicted octanol–water partition coefficient (Wildman–Crippen LogP) is 3.17. The van der Waals surface area contributed by atoms with E-state index < -0.39 is 0 Å². The van der Waals surface area contributed by atoms with Crippen molar-refractivity contribution in [2.45, 2.75) is 50.4 Å². The third kappa shape index (κ3) is 1.81. The number of imidazole rings is 1. The first-order chi connectivity index (χ1) is 6.83. The van der Waals surface area contributed by atoms with Crippen LogP contribution >= 0.6 is 11.6 Å². The van der Waals surface area contributed by atoms with Gasteiger partial charge in [-0.1, -0.05) is 12.8 Å². The molecule has 1 aromatic heterocycles. The summed E-state index contributed by atoms with van der Waals surface area (Å²) in [5.74, 6) is 1.66. The number of aromatic nitrogens is 2. The second-order valence-corrected chi connectivity index (χ2v) is 4.54. The van der Waals surface area contributed by atoms with Crippen molar-refractivity contribution < 1.29 is 0 Å². The van der Waals surface area contributed by atoms with Gasteiger partial charge in [-0.15, -0.1) is 11.6 Å². The highest BCUT2D eigenvalue weighted by Crippen LogP contribution is 2.35. The van der Waals surface area contributed by atoms with Crippen LogP contribution in [-0.4, -0.2) is 14.9 Å². The summed E-state index contributed by atoms with van der Waals surface area (Å²) in [6, 6.07) is 0. The van der Waals surface area contributed by atoms with E-state index in [4.69, 9.17) is 11.6 Å². The maximum Gasteiger partial charge on any atom is 0.113 e. The van der Waals surface area contributed by atoms with E-state index in [-0.39, 0.29) is 5.38 Å². The second-order valence-electron chi connectivity index (χ2n) is 3.98. The molecule has 1 aliphatic carbocycles. The normalized spacial score (nSPS) is 27.9. The van der Waals surface area contributed by atoms with E-state index in [9.17, 15) is 0 Å². The monoisotopic (exact) mass is 212 g/mol. The van der Waals surface area contributed by atoms with Crippen molar-refractivity contribution in [3.05, 3.63) is 18.2 Å². The van der Waals surface area contributed by atoms with E-state index in [2.05, 4.69) is 16.5 Å². The molecule has 1 saturated carbocycles. The van der Waals surface area contributed by atoms with Crippen molar-refractivity contribution in [1.82, 2.24) is 9.55 Å². The van der Waals surface area contributed by atoms with Crippen molar-refractivity contribution in [3.63, 3.8) is 0 Å². The SMILES string of the molecule is CCn1ccnc1C1CCCCC1Cl. The van der Waals surface area contributed by atoms with Crippen LogP contribution in [0.3, 0.4) is 0 Å². The van der Waals surface area contributed by atoms with E-state index in [1.165, 1.54) is 25.1 Å². The number of hydrogen-bond donors (Lipinski definition) is 0. The molecule has 1 aromatic rings. The quantitative estimate of drug-likeness (QED) is 0.689. The van der Waals surface area contributed by atoms with Gasteiger partial charge in [-0.05, 0) is 19.8 Å². The number of aryl methyl sites for hydroxylation is 1. The van der Waals surface area contributed by atoms with Crippen LogP contribution in [0.5, 0.6) is 0 Å². The Bertz CT molecular complexity index is 295. The van der Waals surface area contributed by atoms with Crippen LogP contribution in [-0.2, 0) is 6.54 Å². The van der Waals surface area contributed by atoms with Gasteiger partial charge in [-0.3, -0.25) is 0 Å². The Balaban J connectivity index is 2.20. The van der Waals surface area contributed by atoms with Crippen LogP contribution in [0.15, 0.2) is 12.4 Å². The lowest BCUT2D eigenvalue weighted by molar-refractivity contribution is 0.423. The Hall–Kier alpha value is -0.500. The van der Waals surface area contributed by atoms with Crippen molar-refractivity contribution in [2.24, 2.45) is 0 Å². The van der Waals surface area contributed by atoms with Crippen LogP contribution in [0.1, 0.15) is 44.3 Å². The van der Waals surface area contributed by atoms with Crippen molar-refractivity contribution >= 4 is 11.6 Å². The molecule has 1 heterocycles. The van der Waals surface area contributed by atoms with Gasteiger partial charge in [0.2, 0.25) is 0 Å². The molecule has 78 valence electrons. The third-order valence-electron chi connectivity index (χ3n) is 3.10. The summed E-state index contributed by atoms with van der Waals surface area (Å²) in [7, 11) is 0. The van der Waals surface area contributed by atoms with Crippen LogP contribution in [0, 0.1) is 0 Å². The first kappa shape index (κ1) is 10.0. The molecule has 2 rings (SSSR count). The number of alkyl halides is 1. The highest BCUT2D eigenvalue weighted by molar-refractivity contribution is 6.21. The van der Waals surface area contributed by atoms with E-state index >= 15 is 0 Å². The Morgan fingerprint density at radius 1 is 1.50 bits per heavy atom. The van der Waals surface area contributed by atoms with Gasteiger partial charge in [0.25, 0.3) is 0 Å². The van der Waals surface area contributed by atoms with E-state index in [1.54, 1.807) is 0 Å². The van der Waals surface area contributed by atoms with Gasteiger partial charge in [0.15, 0.2) is 0 Å². The molecule has 0 aliphatic heterocycles. The highest BCUT2D eigenvalue weighted by atomic mass is 35.5. The summed E-state index contributed by atoms with van der Waals surface area (Å²) in [6.07, 6.45) is 8.85. The molecule has 1 aliphatic rings. The van der Waals surface area contributed by atoms with E-state index in [1.807, 2.05) is 12.4 Å². The zero-order chi connectivity index (χ0) is 9.97. The molecule has 0 saturated heterocycles. The van der Waals surface area contributed by atoms with Gasteiger partial charge in [-0.2, -0.15) is 0 Å². The van der Waals surface area contributed by atoms with Gasteiger partial charge in [0.1, 0.15) is 5.82 Å². The summed E-state index contributed by atoms with van der Waals surface area (Å²) < 4.78 is 2.21. The highest BCUT2D eigenvalue weighted by Gasteiger charge is 2.27. The number of rotatable bonds is 2. The molecule has 2 unspecified atom stereocenters. The Morgan fingerprint density at radius 2 is 2.29 bits per heavy atom. The summed E-state index contributed by atoms with van der Waals surface area (Å²) in [5.41, 5.74) is 0. The second kappa shape index (κ2) is 4.35. The number of nitrogens with zero attached hydrogens (tertiary/aromatic N) is 2. The first-order valence-electron chi connectivity index (χ1n) is 5.48. The maximum atomic E-state index is 6.35. The average molecular weight is 213 g/mol. The largest absolute Gasteiger partial charge is 0.335 e. The molecular weight excluding hydrogens is 196 g/mol. The zero-order valence-corrected chi connectivity index (χ0v) is 9.37. The molecular formula is C11H17ClN2. The first-order valence-corrected chi connectivity index (χ1v) is 5.91. The minimum Gasteiger partial charge on any atom is -0.335 e. The lowest BCUT2D eigenvalue weighted by Gasteiger charge is -2.26. The Labute approximate surface area is 90.3 Å². The molecule has 0 spiro atoms. The van der Waals surface area contributed by atoms with Gasteiger partial charge >= 0.3 is 0 Å². The van der Waals surface area contributed by atoms with Crippen molar-refractivity contribution in [3.8, 4) is 0 Å². The van der Waals surface area contributed by atoms with E-state index in [0.29, 0.717) is 5.92 Å². The van der Waals surface area contributed by atoms with Gasteiger partial charge in [0.05, 0.1) is 0 Å². The fourth-order valence-electron chi connectivity index (χ4n) is 2.29. The summed E-state index contributed by atoms with van der Waals surface area (Å²) in [6.45, 7) is 3.15. The molecule has 0 amide bonds. The summed E-state index contributed by atoms with van der Waals surface area (Å²) >= 11 is 6.35. The average Bonchev–Trinajstić information content (AvgIpc) is 2.66. The lowest BCUT2D eigenvalue weighted by atomic mass is 9.88. The number of halogens is 1. The number of hydrogen-bond acceptors (Lipinski definition) is 1. The minimum atomic E-state index is 0.288. The van der Waals surface area contributed by atoms with Crippen LogP contribution in [0.25, 0.3) is 0 Å². The zero-order valence-electron chi connectivity index (χ0n) is 8.62. The molecule has 2 nitrogen and oxygen atoms in total.